The number of ether oxygens (including phenoxy) is 3. The third kappa shape index (κ3) is 4.93. The van der Waals surface area contributed by atoms with Gasteiger partial charge in [0, 0.05) is 11.5 Å². The largest absolute Gasteiger partial charge is 0.423 e. The first-order valence-corrected chi connectivity index (χ1v) is 9.27. The van der Waals surface area contributed by atoms with Crippen molar-refractivity contribution >= 4 is 5.97 Å². The van der Waals surface area contributed by atoms with Gasteiger partial charge in [0.1, 0.15) is 5.75 Å². The summed E-state index contributed by atoms with van der Waals surface area (Å²) in [5.74, 6) is 0.655. The quantitative estimate of drug-likeness (QED) is 0.537. The lowest BCUT2D eigenvalue weighted by molar-refractivity contribution is -0.206. The van der Waals surface area contributed by atoms with Gasteiger partial charge in [0.15, 0.2) is 6.29 Å². The Morgan fingerprint density at radius 3 is 2.31 bits per heavy atom. The van der Waals surface area contributed by atoms with Crippen molar-refractivity contribution in [2.45, 2.75) is 39.4 Å². The predicted octanol–water partition coefficient (Wildman–Crippen LogP) is 5.07. The van der Waals surface area contributed by atoms with Crippen LogP contribution in [0.25, 0.3) is 0 Å². The van der Waals surface area contributed by atoms with Crippen LogP contribution in [0.3, 0.4) is 0 Å². The highest BCUT2D eigenvalue weighted by Gasteiger charge is 2.23. The van der Waals surface area contributed by atoms with Crippen LogP contribution in [-0.2, 0) is 9.47 Å². The Balaban J connectivity index is 1.55. The van der Waals surface area contributed by atoms with Gasteiger partial charge in [-0.2, -0.15) is 0 Å². The molecule has 1 heterocycles. The molecule has 1 aliphatic rings. The van der Waals surface area contributed by atoms with Gasteiger partial charge in [-0.1, -0.05) is 49.6 Å². The number of hydrogen-bond acceptors (Lipinski definition) is 4. The van der Waals surface area contributed by atoms with Crippen LogP contribution in [-0.4, -0.2) is 19.2 Å². The van der Waals surface area contributed by atoms with E-state index in [0.29, 0.717) is 17.2 Å². The maximum Gasteiger partial charge on any atom is 0.343 e. The minimum absolute atomic E-state index is 0.352. The second kappa shape index (κ2) is 8.97. The van der Waals surface area contributed by atoms with E-state index in [9.17, 15) is 4.79 Å². The molecular formula is C22H26O4. The van der Waals surface area contributed by atoms with E-state index in [1.807, 2.05) is 31.2 Å². The molecule has 0 unspecified atom stereocenters. The van der Waals surface area contributed by atoms with E-state index in [0.717, 1.165) is 30.8 Å². The number of esters is 1. The molecule has 0 bridgehead atoms. The zero-order chi connectivity index (χ0) is 18.4. The van der Waals surface area contributed by atoms with Crippen LogP contribution in [0.2, 0.25) is 0 Å². The highest BCUT2D eigenvalue weighted by Crippen LogP contribution is 2.27. The van der Waals surface area contributed by atoms with Crippen LogP contribution in [0.15, 0.2) is 48.5 Å². The van der Waals surface area contributed by atoms with Gasteiger partial charge in [0.05, 0.1) is 18.8 Å². The molecule has 3 rings (SSSR count). The maximum atomic E-state index is 12.2. The molecule has 1 fully saturated rings. The third-order valence-electron chi connectivity index (χ3n) is 4.58. The molecule has 0 atom stereocenters. The van der Waals surface area contributed by atoms with Crippen molar-refractivity contribution < 1.29 is 19.0 Å². The maximum absolute atomic E-state index is 12.2. The summed E-state index contributed by atoms with van der Waals surface area (Å²) in [5.41, 5.74) is 2.55. The van der Waals surface area contributed by atoms with E-state index in [-0.39, 0.29) is 12.3 Å². The first-order chi connectivity index (χ1) is 12.7. The average molecular weight is 354 g/mol. The monoisotopic (exact) mass is 354 g/mol. The summed E-state index contributed by atoms with van der Waals surface area (Å²) in [7, 11) is 0. The summed E-state index contributed by atoms with van der Waals surface area (Å²) in [6.07, 6.45) is 3.20. The standard InChI is InChI=1S/C22H26O4/c1-3-4-5-17-14-24-22(25-15-17)19-10-8-18(9-11-19)21(23)26-20-12-6-16(2)7-13-20/h6-13,17,22H,3-5,14-15H2,1-2H3. The van der Waals surface area contributed by atoms with Crippen LogP contribution in [0, 0.1) is 12.8 Å². The van der Waals surface area contributed by atoms with E-state index >= 15 is 0 Å². The lowest BCUT2D eigenvalue weighted by Crippen LogP contribution is -2.27. The van der Waals surface area contributed by atoms with Crippen LogP contribution < -0.4 is 4.74 Å². The zero-order valence-electron chi connectivity index (χ0n) is 15.4. The lowest BCUT2D eigenvalue weighted by atomic mass is 10.0. The lowest BCUT2D eigenvalue weighted by Gasteiger charge is -2.29. The summed E-state index contributed by atoms with van der Waals surface area (Å²) in [4.78, 5) is 12.2. The molecule has 0 saturated carbocycles. The Morgan fingerprint density at radius 1 is 1.04 bits per heavy atom. The van der Waals surface area contributed by atoms with Crippen LogP contribution in [0.5, 0.6) is 5.75 Å². The molecule has 2 aromatic rings. The van der Waals surface area contributed by atoms with E-state index in [1.165, 1.54) is 12.8 Å². The smallest absolute Gasteiger partial charge is 0.343 e. The van der Waals surface area contributed by atoms with Gasteiger partial charge in [-0.15, -0.1) is 0 Å². The fourth-order valence-corrected chi connectivity index (χ4v) is 2.94. The minimum atomic E-state index is -0.370. The Bertz CT molecular complexity index is 698. The average Bonchev–Trinajstić information content (AvgIpc) is 2.68. The Kier molecular flexibility index (Phi) is 6.42. The minimum Gasteiger partial charge on any atom is -0.423 e. The fourth-order valence-electron chi connectivity index (χ4n) is 2.94. The third-order valence-corrected chi connectivity index (χ3v) is 4.58. The van der Waals surface area contributed by atoms with Gasteiger partial charge in [0.2, 0.25) is 0 Å². The van der Waals surface area contributed by atoms with Crippen LogP contribution >= 0.6 is 0 Å². The van der Waals surface area contributed by atoms with Crippen molar-refractivity contribution in [3.05, 3.63) is 65.2 Å². The van der Waals surface area contributed by atoms with Crippen LogP contribution in [0.4, 0.5) is 0 Å². The molecule has 2 aromatic carbocycles. The second-order valence-electron chi connectivity index (χ2n) is 6.83. The first kappa shape index (κ1) is 18.6. The summed E-state index contributed by atoms with van der Waals surface area (Å²) < 4.78 is 17.1. The van der Waals surface area contributed by atoms with Crippen molar-refractivity contribution in [1.29, 1.82) is 0 Å². The van der Waals surface area contributed by atoms with Gasteiger partial charge in [0.25, 0.3) is 0 Å². The highest BCUT2D eigenvalue weighted by atomic mass is 16.7. The molecular weight excluding hydrogens is 328 g/mol. The number of unbranched alkanes of at least 4 members (excludes halogenated alkanes) is 1. The van der Waals surface area contributed by atoms with Crippen molar-refractivity contribution in [1.82, 2.24) is 0 Å². The number of carbonyl (C=O) groups excluding carboxylic acids is 1. The molecule has 0 aliphatic carbocycles. The van der Waals surface area contributed by atoms with Crippen molar-refractivity contribution in [3.63, 3.8) is 0 Å². The summed E-state index contributed by atoms with van der Waals surface area (Å²) >= 11 is 0. The molecule has 0 radical (unpaired) electrons. The normalized spacial score (nSPS) is 19.9. The number of carbonyl (C=O) groups is 1. The van der Waals surface area contributed by atoms with E-state index in [2.05, 4.69) is 6.92 Å². The summed E-state index contributed by atoms with van der Waals surface area (Å²) in [5, 5.41) is 0. The van der Waals surface area contributed by atoms with E-state index in [4.69, 9.17) is 14.2 Å². The molecule has 1 aliphatic heterocycles. The van der Waals surface area contributed by atoms with Gasteiger partial charge < -0.3 is 14.2 Å². The molecule has 4 nitrogen and oxygen atoms in total. The van der Waals surface area contributed by atoms with E-state index in [1.54, 1.807) is 24.3 Å². The Hall–Kier alpha value is -2.17. The van der Waals surface area contributed by atoms with Gasteiger partial charge in [-0.3, -0.25) is 0 Å². The van der Waals surface area contributed by atoms with Crippen molar-refractivity contribution in [2.24, 2.45) is 5.92 Å². The molecule has 0 aromatic heterocycles. The molecule has 0 spiro atoms. The Morgan fingerprint density at radius 2 is 1.69 bits per heavy atom. The van der Waals surface area contributed by atoms with Gasteiger partial charge >= 0.3 is 5.97 Å². The SMILES string of the molecule is CCCCC1COC(c2ccc(C(=O)Oc3ccc(C)cc3)cc2)OC1. The van der Waals surface area contributed by atoms with Crippen molar-refractivity contribution in [2.75, 3.05) is 13.2 Å². The zero-order valence-corrected chi connectivity index (χ0v) is 15.4. The van der Waals surface area contributed by atoms with Gasteiger partial charge in [-0.05, 0) is 37.6 Å². The molecule has 138 valence electrons. The number of hydrogen-bond donors (Lipinski definition) is 0. The molecule has 1 saturated heterocycles. The van der Waals surface area contributed by atoms with Crippen molar-refractivity contribution in [3.8, 4) is 5.75 Å². The van der Waals surface area contributed by atoms with Crippen LogP contribution in [0.1, 0.15) is 54.0 Å². The number of rotatable bonds is 6. The highest BCUT2D eigenvalue weighted by molar-refractivity contribution is 5.91. The summed E-state index contributed by atoms with van der Waals surface area (Å²) in [6, 6.07) is 14.6. The fraction of sp³-hybridized carbons (Fsp3) is 0.409. The topological polar surface area (TPSA) is 44.8 Å². The number of aryl methyl sites for hydroxylation is 1. The Labute approximate surface area is 155 Å². The van der Waals surface area contributed by atoms with E-state index < -0.39 is 0 Å². The molecule has 0 amide bonds. The summed E-state index contributed by atoms with van der Waals surface area (Å²) in [6.45, 7) is 5.63. The molecule has 0 N–H and O–H groups in total. The second-order valence-corrected chi connectivity index (χ2v) is 6.83. The molecule has 4 heteroatoms. The van der Waals surface area contributed by atoms with Gasteiger partial charge in [-0.25, -0.2) is 4.79 Å². The first-order valence-electron chi connectivity index (χ1n) is 9.27. The number of benzene rings is 2. The predicted molar refractivity (Wildman–Crippen MR) is 100 cm³/mol. The molecule has 26 heavy (non-hydrogen) atoms.